The summed E-state index contributed by atoms with van der Waals surface area (Å²) in [6.45, 7) is 7.13. The lowest BCUT2D eigenvalue weighted by Gasteiger charge is -2.23. The predicted molar refractivity (Wildman–Crippen MR) is 140 cm³/mol. The fourth-order valence-electron chi connectivity index (χ4n) is 4.49. The Balaban J connectivity index is 1.21. The van der Waals surface area contributed by atoms with Crippen LogP contribution in [0.4, 0.5) is 0 Å². The van der Waals surface area contributed by atoms with Crippen LogP contribution in [0.2, 0.25) is 0 Å². The lowest BCUT2D eigenvalue weighted by atomic mass is 10.1. The van der Waals surface area contributed by atoms with E-state index in [0.29, 0.717) is 0 Å². The molecule has 1 aliphatic rings. The van der Waals surface area contributed by atoms with Crippen LogP contribution in [0.1, 0.15) is 47.5 Å². The third kappa shape index (κ3) is 8.64. The van der Waals surface area contributed by atoms with Gasteiger partial charge in [-0.15, -0.1) is 0 Å². The Morgan fingerprint density at radius 3 is 2.50 bits per heavy atom. The van der Waals surface area contributed by atoms with Crippen LogP contribution < -0.4 is 10.6 Å². The third-order valence-electron chi connectivity index (χ3n) is 6.48. The van der Waals surface area contributed by atoms with E-state index in [1.807, 2.05) is 18.3 Å². The van der Waals surface area contributed by atoms with E-state index in [-0.39, 0.29) is 0 Å². The van der Waals surface area contributed by atoms with E-state index in [0.717, 1.165) is 70.8 Å². The van der Waals surface area contributed by atoms with Crippen LogP contribution in [0.3, 0.4) is 0 Å². The molecule has 0 atom stereocenters. The summed E-state index contributed by atoms with van der Waals surface area (Å²) in [7, 11) is 0. The minimum atomic E-state index is 0.900. The van der Waals surface area contributed by atoms with Gasteiger partial charge in [-0.1, -0.05) is 42.8 Å². The predicted octanol–water partition coefficient (Wildman–Crippen LogP) is 4.17. The Morgan fingerprint density at radius 2 is 1.65 bits per heavy atom. The summed E-state index contributed by atoms with van der Waals surface area (Å²) in [5.41, 5.74) is 6.34. The molecule has 0 amide bonds. The van der Waals surface area contributed by atoms with Crippen molar-refractivity contribution in [2.45, 2.75) is 51.6 Å². The maximum atomic E-state index is 4.82. The van der Waals surface area contributed by atoms with E-state index in [2.05, 4.69) is 69.0 Å². The summed E-state index contributed by atoms with van der Waals surface area (Å²) < 4.78 is 0. The van der Waals surface area contributed by atoms with Gasteiger partial charge in [0.2, 0.25) is 0 Å². The van der Waals surface area contributed by atoms with Crippen LogP contribution in [0.25, 0.3) is 0 Å². The highest BCUT2D eigenvalue weighted by Crippen LogP contribution is 2.11. The second-order valence-electron chi connectivity index (χ2n) is 9.27. The quantitative estimate of drug-likeness (QED) is 0.522. The minimum Gasteiger partial charge on any atom is -0.315 e. The summed E-state index contributed by atoms with van der Waals surface area (Å²) in [5.74, 6) is 0. The zero-order valence-electron chi connectivity index (χ0n) is 20.4. The van der Waals surface area contributed by atoms with Crippen LogP contribution >= 0.6 is 0 Å². The van der Waals surface area contributed by atoms with Gasteiger partial charge in [0.15, 0.2) is 0 Å². The molecule has 5 nitrogen and oxygen atoms in total. The zero-order chi connectivity index (χ0) is 23.3. The van der Waals surface area contributed by atoms with Crippen LogP contribution in [0, 0.1) is 0 Å². The van der Waals surface area contributed by atoms with Crippen molar-refractivity contribution >= 4 is 0 Å². The number of nitrogens with zero attached hydrogens (tertiary/aromatic N) is 3. The molecule has 2 bridgehead atoms. The second-order valence-corrected chi connectivity index (χ2v) is 9.27. The number of nitrogens with one attached hydrogen (secondary N) is 2. The monoisotopic (exact) mass is 457 g/mol. The fraction of sp³-hybridized carbons (Fsp3) is 0.448. The summed E-state index contributed by atoms with van der Waals surface area (Å²) in [6, 6.07) is 21.7. The lowest BCUT2D eigenvalue weighted by Crippen LogP contribution is -2.33. The van der Waals surface area contributed by atoms with E-state index in [4.69, 9.17) is 4.98 Å². The molecule has 1 aliphatic heterocycles. The van der Waals surface area contributed by atoms with Crippen LogP contribution in [-0.4, -0.2) is 47.6 Å². The van der Waals surface area contributed by atoms with Gasteiger partial charge >= 0.3 is 0 Å². The maximum absolute atomic E-state index is 4.82. The molecule has 0 spiro atoms. The lowest BCUT2D eigenvalue weighted by molar-refractivity contribution is 0.258. The first-order chi connectivity index (χ1) is 16.8. The molecule has 0 saturated carbocycles. The van der Waals surface area contributed by atoms with Gasteiger partial charge in [0.25, 0.3) is 0 Å². The summed E-state index contributed by atoms with van der Waals surface area (Å²) >= 11 is 0. The smallest absolute Gasteiger partial charge is 0.0419 e. The van der Waals surface area contributed by atoms with Crippen molar-refractivity contribution in [2.75, 3.05) is 32.7 Å². The van der Waals surface area contributed by atoms with E-state index >= 15 is 0 Å². The average Bonchev–Trinajstić information content (AvgIpc) is 2.87. The number of rotatable bonds is 7. The van der Waals surface area contributed by atoms with Gasteiger partial charge < -0.3 is 10.6 Å². The number of pyridine rings is 2. The van der Waals surface area contributed by atoms with Crippen molar-refractivity contribution < 1.29 is 0 Å². The topological polar surface area (TPSA) is 53.1 Å². The van der Waals surface area contributed by atoms with E-state index in [1.54, 1.807) is 0 Å². The molecule has 34 heavy (non-hydrogen) atoms. The molecule has 0 saturated heterocycles. The Bertz CT molecular complexity index is 929. The van der Waals surface area contributed by atoms with Crippen molar-refractivity contribution in [1.82, 2.24) is 25.5 Å². The summed E-state index contributed by atoms with van der Waals surface area (Å²) in [4.78, 5) is 11.8. The van der Waals surface area contributed by atoms with Crippen molar-refractivity contribution in [2.24, 2.45) is 0 Å². The van der Waals surface area contributed by atoms with Crippen LogP contribution in [0.15, 0.2) is 66.9 Å². The number of aryl methyl sites for hydroxylation is 1. The van der Waals surface area contributed by atoms with Gasteiger partial charge in [-0.05, 0) is 61.2 Å². The standard InChI is InChI=1S/C29H39N5/c1-2-8-28-9-6-10-29(33-28)16-18-30-20-22-34(21-5-1)24-26-13-11-25(12-14-26)23-31-19-15-27-7-3-4-17-32-27/h3-4,6-7,9-14,17,30-31H,1-2,5,8,15-16,18-24H2. The second kappa shape index (κ2) is 14.0. The number of aromatic nitrogens is 2. The molecule has 1 aromatic carbocycles. The first kappa shape index (κ1) is 24.5. The Morgan fingerprint density at radius 1 is 0.794 bits per heavy atom. The molecule has 2 aromatic heterocycles. The van der Waals surface area contributed by atoms with Crippen molar-refractivity contribution in [1.29, 1.82) is 0 Å². The highest BCUT2D eigenvalue weighted by molar-refractivity contribution is 5.22. The summed E-state index contributed by atoms with van der Waals surface area (Å²) in [6.07, 6.45) is 8.66. The SMILES string of the molecule is c1ccc(CCNCc2ccc(CN3CCCCCc4cccc(n4)CCNCC3)cc2)nc1. The number of hydrogen-bond donors (Lipinski definition) is 2. The first-order valence-corrected chi connectivity index (χ1v) is 12.9. The van der Waals surface area contributed by atoms with E-state index < -0.39 is 0 Å². The van der Waals surface area contributed by atoms with Gasteiger partial charge in [-0.2, -0.15) is 0 Å². The highest BCUT2D eigenvalue weighted by Gasteiger charge is 2.08. The van der Waals surface area contributed by atoms with Gasteiger partial charge in [-0.25, -0.2) is 0 Å². The van der Waals surface area contributed by atoms with Crippen molar-refractivity contribution in [3.05, 3.63) is 95.1 Å². The molecule has 3 heterocycles. The molecule has 4 rings (SSSR count). The van der Waals surface area contributed by atoms with E-state index in [9.17, 15) is 0 Å². The minimum absolute atomic E-state index is 0.900. The van der Waals surface area contributed by atoms with Gasteiger partial charge in [0.05, 0.1) is 0 Å². The molecule has 180 valence electrons. The largest absolute Gasteiger partial charge is 0.315 e. The fourth-order valence-corrected chi connectivity index (χ4v) is 4.49. The number of fused-ring (bicyclic) bond motifs is 2. The highest BCUT2D eigenvalue weighted by atomic mass is 15.1. The van der Waals surface area contributed by atoms with Crippen LogP contribution in [-0.2, 0) is 32.4 Å². The summed E-state index contributed by atoms with van der Waals surface area (Å²) in [5, 5.41) is 7.16. The Labute approximate surface area is 205 Å². The average molecular weight is 458 g/mol. The third-order valence-corrected chi connectivity index (χ3v) is 6.48. The zero-order valence-corrected chi connectivity index (χ0v) is 20.4. The number of benzene rings is 1. The van der Waals surface area contributed by atoms with Gasteiger partial charge in [0.1, 0.15) is 0 Å². The van der Waals surface area contributed by atoms with Crippen molar-refractivity contribution in [3.8, 4) is 0 Å². The molecule has 0 aliphatic carbocycles. The van der Waals surface area contributed by atoms with Crippen molar-refractivity contribution in [3.63, 3.8) is 0 Å². The Kier molecular flexibility index (Phi) is 10.1. The molecule has 0 radical (unpaired) electrons. The van der Waals surface area contributed by atoms with Gasteiger partial charge in [-0.3, -0.25) is 14.9 Å². The number of hydrogen-bond acceptors (Lipinski definition) is 5. The maximum Gasteiger partial charge on any atom is 0.0419 e. The molecule has 2 N–H and O–H groups in total. The molecular weight excluding hydrogens is 418 g/mol. The molecule has 3 aromatic rings. The molecule has 0 fully saturated rings. The Hall–Kier alpha value is -2.60. The molecule has 0 unspecified atom stereocenters. The van der Waals surface area contributed by atoms with Crippen LogP contribution in [0.5, 0.6) is 0 Å². The molecule has 5 heteroatoms. The molecular formula is C29H39N5. The normalized spacial score (nSPS) is 16.1. The first-order valence-electron chi connectivity index (χ1n) is 12.9. The van der Waals surface area contributed by atoms with Gasteiger partial charge in [0, 0.05) is 75.4 Å². The van der Waals surface area contributed by atoms with E-state index in [1.165, 1.54) is 41.8 Å².